The summed E-state index contributed by atoms with van der Waals surface area (Å²) < 4.78 is 0. The lowest BCUT2D eigenvalue weighted by atomic mass is 9.91. The SMILES string of the molecule is CCC#CCC(C)(C)C(=O)Sc1ccccc1. The van der Waals surface area contributed by atoms with Gasteiger partial charge in [0.25, 0.3) is 0 Å². The smallest absolute Gasteiger partial charge is 0.200 e. The van der Waals surface area contributed by atoms with Crippen LogP contribution in [-0.2, 0) is 4.79 Å². The Morgan fingerprint density at radius 1 is 1.24 bits per heavy atom. The first kappa shape index (κ1) is 13.9. The van der Waals surface area contributed by atoms with Gasteiger partial charge in [-0.05, 0) is 12.1 Å². The molecule has 0 radical (unpaired) electrons. The highest BCUT2D eigenvalue weighted by Gasteiger charge is 2.27. The molecule has 17 heavy (non-hydrogen) atoms. The molecule has 90 valence electrons. The second kappa shape index (κ2) is 6.51. The van der Waals surface area contributed by atoms with E-state index in [0.29, 0.717) is 6.42 Å². The number of carbonyl (C=O) groups excluding carboxylic acids is 1. The van der Waals surface area contributed by atoms with Crippen molar-refractivity contribution in [2.24, 2.45) is 5.41 Å². The van der Waals surface area contributed by atoms with Crippen LogP contribution in [-0.4, -0.2) is 5.12 Å². The molecule has 0 aliphatic carbocycles. The summed E-state index contributed by atoms with van der Waals surface area (Å²) in [6, 6.07) is 9.75. The maximum absolute atomic E-state index is 12.1. The molecular weight excluding hydrogens is 228 g/mol. The van der Waals surface area contributed by atoms with Crippen LogP contribution in [0.3, 0.4) is 0 Å². The Labute approximate surface area is 108 Å². The number of hydrogen-bond acceptors (Lipinski definition) is 2. The Kier molecular flexibility index (Phi) is 5.31. The normalized spacial score (nSPS) is 10.5. The second-order valence-electron chi connectivity index (χ2n) is 4.47. The monoisotopic (exact) mass is 246 g/mol. The van der Waals surface area contributed by atoms with Crippen LogP contribution in [0, 0.1) is 17.3 Å². The quantitative estimate of drug-likeness (QED) is 0.589. The van der Waals surface area contributed by atoms with Crippen LogP contribution < -0.4 is 0 Å². The zero-order valence-corrected chi connectivity index (χ0v) is 11.4. The van der Waals surface area contributed by atoms with Gasteiger partial charge in [0.1, 0.15) is 0 Å². The third-order valence-electron chi connectivity index (χ3n) is 2.34. The van der Waals surface area contributed by atoms with Gasteiger partial charge in [0.05, 0.1) is 0 Å². The van der Waals surface area contributed by atoms with Crippen molar-refractivity contribution in [3.05, 3.63) is 30.3 Å². The van der Waals surface area contributed by atoms with E-state index >= 15 is 0 Å². The summed E-state index contributed by atoms with van der Waals surface area (Å²) in [5.41, 5.74) is -0.386. The molecule has 1 aromatic carbocycles. The second-order valence-corrected chi connectivity index (χ2v) is 5.52. The number of rotatable bonds is 3. The van der Waals surface area contributed by atoms with Gasteiger partial charge < -0.3 is 0 Å². The summed E-state index contributed by atoms with van der Waals surface area (Å²) in [6.07, 6.45) is 1.47. The summed E-state index contributed by atoms with van der Waals surface area (Å²) in [5.74, 6) is 6.07. The van der Waals surface area contributed by atoms with Crippen LogP contribution in [0.15, 0.2) is 35.2 Å². The van der Waals surface area contributed by atoms with E-state index in [1.165, 1.54) is 11.8 Å². The van der Waals surface area contributed by atoms with Crippen molar-refractivity contribution in [3.8, 4) is 11.8 Å². The Morgan fingerprint density at radius 3 is 2.47 bits per heavy atom. The standard InChI is InChI=1S/C15H18OS/c1-4-5-9-12-15(2,3)14(16)17-13-10-7-6-8-11-13/h6-8,10-11H,4,12H2,1-3H3. The highest BCUT2D eigenvalue weighted by atomic mass is 32.2. The fraction of sp³-hybridized carbons (Fsp3) is 0.400. The van der Waals surface area contributed by atoms with Crippen molar-refractivity contribution >= 4 is 16.9 Å². The van der Waals surface area contributed by atoms with Gasteiger partial charge in [-0.15, -0.1) is 11.8 Å². The molecule has 0 spiro atoms. The van der Waals surface area contributed by atoms with E-state index in [-0.39, 0.29) is 10.5 Å². The molecule has 0 unspecified atom stereocenters. The molecule has 0 saturated heterocycles. The van der Waals surface area contributed by atoms with Crippen molar-refractivity contribution in [3.63, 3.8) is 0 Å². The molecule has 1 nitrogen and oxygen atoms in total. The lowest BCUT2D eigenvalue weighted by Crippen LogP contribution is -2.20. The molecule has 0 atom stereocenters. The first-order valence-corrected chi connectivity index (χ1v) is 6.61. The summed E-state index contributed by atoms with van der Waals surface area (Å²) >= 11 is 1.30. The molecule has 0 aliphatic rings. The lowest BCUT2D eigenvalue weighted by molar-refractivity contribution is -0.117. The van der Waals surface area contributed by atoms with E-state index in [4.69, 9.17) is 0 Å². The molecule has 2 heteroatoms. The summed E-state index contributed by atoms with van der Waals surface area (Å²) in [5, 5.41) is 0.175. The number of hydrogen-bond donors (Lipinski definition) is 0. The fourth-order valence-electron chi connectivity index (χ4n) is 1.21. The van der Waals surface area contributed by atoms with Gasteiger partial charge in [-0.25, -0.2) is 0 Å². The van der Waals surface area contributed by atoms with Gasteiger partial charge in [0.15, 0.2) is 5.12 Å². The number of thioether (sulfide) groups is 1. The maximum Gasteiger partial charge on any atom is 0.200 e. The van der Waals surface area contributed by atoms with Gasteiger partial charge >= 0.3 is 0 Å². The van der Waals surface area contributed by atoms with Crippen LogP contribution in [0.25, 0.3) is 0 Å². The van der Waals surface area contributed by atoms with E-state index in [9.17, 15) is 4.79 Å². The van der Waals surface area contributed by atoms with Crippen LogP contribution in [0.4, 0.5) is 0 Å². The van der Waals surface area contributed by atoms with Crippen LogP contribution in [0.5, 0.6) is 0 Å². The Hall–Kier alpha value is -1.20. The van der Waals surface area contributed by atoms with Gasteiger partial charge in [0, 0.05) is 23.2 Å². The molecule has 0 aromatic heterocycles. The van der Waals surface area contributed by atoms with Gasteiger partial charge in [-0.1, -0.05) is 50.7 Å². The summed E-state index contributed by atoms with van der Waals surface area (Å²) in [4.78, 5) is 13.1. The third kappa shape index (κ3) is 4.66. The first-order valence-electron chi connectivity index (χ1n) is 5.79. The molecular formula is C15H18OS. The Morgan fingerprint density at radius 2 is 1.88 bits per heavy atom. The topological polar surface area (TPSA) is 17.1 Å². The van der Waals surface area contributed by atoms with Crippen LogP contribution in [0.2, 0.25) is 0 Å². The molecule has 1 rings (SSSR count). The highest BCUT2D eigenvalue weighted by molar-refractivity contribution is 8.13. The minimum atomic E-state index is -0.386. The Balaban J connectivity index is 2.63. The zero-order valence-electron chi connectivity index (χ0n) is 10.6. The average molecular weight is 246 g/mol. The van der Waals surface area contributed by atoms with E-state index in [0.717, 1.165) is 11.3 Å². The summed E-state index contributed by atoms with van der Waals surface area (Å²) in [6.45, 7) is 5.92. The molecule has 0 heterocycles. The maximum atomic E-state index is 12.1. The third-order valence-corrected chi connectivity index (χ3v) is 3.58. The number of benzene rings is 1. The van der Waals surface area contributed by atoms with E-state index < -0.39 is 0 Å². The van der Waals surface area contributed by atoms with Crippen LogP contribution >= 0.6 is 11.8 Å². The fourth-order valence-corrected chi connectivity index (χ4v) is 2.07. The molecule has 0 fully saturated rings. The van der Waals surface area contributed by atoms with E-state index in [1.807, 2.05) is 51.1 Å². The van der Waals surface area contributed by atoms with Crippen molar-refractivity contribution in [1.82, 2.24) is 0 Å². The van der Waals surface area contributed by atoms with Crippen molar-refractivity contribution in [2.45, 2.75) is 38.5 Å². The number of carbonyl (C=O) groups is 1. The van der Waals surface area contributed by atoms with Gasteiger partial charge in [-0.3, -0.25) is 4.79 Å². The average Bonchev–Trinajstić information content (AvgIpc) is 2.30. The molecule has 1 aromatic rings. The largest absolute Gasteiger partial charge is 0.286 e. The molecule has 0 N–H and O–H groups in total. The lowest BCUT2D eigenvalue weighted by Gasteiger charge is -2.19. The molecule has 0 aliphatic heterocycles. The minimum Gasteiger partial charge on any atom is -0.286 e. The zero-order chi connectivity index (χ0) is 12.7. The Bertz CT molecular complexity index is 423. The predicted molar refractivity (Wildman–Crippen MR) is 73.8 cm³/mol. The molecule has 0 amide bonds. The van der Waals surface area contributed by atoms with Crippen molar-refractivity contribution < 1.29 is 4.79 Å². The first-order chi connectivity index (χ1) is 8.06. The van der Waals surface area contributed by atoms with E-state index in [2.05, 4.69) is 11.8 Å². The molecule has 0 saturated carbocycles. The predicted octanol–water partition coefficient (Wildman–Crippen LogP) is 4.14. The van der Waals surface area contributed by atoms with E-state index in [1.54, 1.807) is 0 Å². The van der Waals surface area contributed by atoms with Crippen LogP contribution in [0.1, 0.15) is 33.6 Å². The van der Waals surface area contributed by atoms with Crippen molar-refractivity contribution in [2.75, 3.05) is 0 Å². The molecule has 0 bridgehead atoms. The summed E-state index contributed by atoms with van der Waals surface area (Å²) in [7, 11) is 0. The minimum absolute atomic E-state index is 0.175. The highest BCUT2D eigenvalue weighted by Crippen LogP contribution is 2.31. The van der Waals surface area contributed by atoms with Gasteiger partial charge in [-0.2, -0.15) is 0 Å². The van der Waals surface area contributed by atoms with Crippen molar-refractivity contribution in [1.29, 1.82) is 0 Å². The van der Waals surface area contributed by atoms with Gasteiger partial charge in [0.2, 0.25) is 0 Å².